The van der Waals surface area contributed by atoms with Gasteiger partial charge in [-0.15, -0.1) is 0 Å². The van der Waals surface area contributed by atoms with Crippen LogP contribution in [-0.4, -0.2) is 33.9 Å². The van der Waals surface area contributed by atoms with Crippen LogP contribution in [0.1, 0.15) is 44.7 Å². The van der Waals surface area contributed by atoms with Gasteiger partial charge in [0.05, 0.1) is 11.2 Å². The highest BCUT2D eigenvalue weighted by molar-refractivity contribution is 5.79. The number of nitrogens with one attached hydrogen (secondary N) is 1. The zero-order chi connectivity index (χ0) is 14.0. The minimum atomic E-state index is 0.0128. The smallest absolute Gasteiger partial charge is 0.220 e. The van der Waals surface area contributed by atoms with E-state index in [4.69, 9.17) is 0 Å². The molecule has 0 unspecified atom stereocenters. The number of aromatic nitrogens is 1. The van der Waals surface area contributed by atoms with Crippen LogP contribution in [0.25, 0.3) is 0 Å². The lowest BCUT2D eigenvalue weighted by Crippen LogP contribution is -2.61. The third kappa shape index (κ3) is 2.44. The minimum Gasteiger partial charge on any atom is -0.349 e. The molecular weight excluding hydrogens is 250 g/mol. The summed E-state index contributed by atoms with van der Waals surface area (Å²) in [6.45, 7) is 4.22. The number of nitrogens with zero attached hydrogens (tertiary/aromatic N) is 2. The fourth-order valence-corrected chi connectivity index (χ4v) is 3.98. The van der Waals surface area contributed by atoms with Gasteiger partial charge in [-0.1, -0.05) is 13.0 Å². The van der Waals surface area contributed by atoms with Crippen molar-refractivity contribution in [3.63, 3.8) is 0 Å². The second kappa shape index (κ2) is 5.52. The van der Waals surface area contributed by atoms with Gasteiger partial charge in [0.15, 0.2) is 0 Å². The Morgan fingerprint density at radius 3 is 3.00 bits per heavy atom. The maximum atomic E-state index is 11.7. The maximum Gasteiger partial charge on any atom is 0.220 e. The van der Waals surface area contributed by atoms with Gasteiger partial charge in [0.2, 0.25) is 5.91 Å². The molecule has 2 atom stereocenters. The SMILES string of the molecule is CC[C@@H]1N(Cc2ccccn2)CCC[C@]12CCC(=O)N2. The lowest BCUT2D eigenvalue weighted by molar-refractivity contribution is -0.120. The number of hydrogen-bond acceptors (Lipinski definition) is 3. The summed E-state index contributed by atoms with van der Waals surface area (Å²) in [6, 6.07) is 6.52. The molecule has 1 aromatic rings. The Labute approximate surface area is 120 Å². The third-order valence-electron chi connectivity index (χ3n) is 4.81. The molecule has 4 nitrogen and oxygen atoms in total. The molecule has 0 radical (unpaired) electrons. The van der Waals surface area contributed by atoms with Gasteiger partial charge in [-0.05, 0) is 44.4 Å². The van der Waals surface area contributed by atoms with Crippen LogP contribution in [0.5, 0.6) is 0 Å². The topological polar surface area (TPSA) is 45.2 Å². The highest BCUT2D eigenvalue weighted by Crippen LogP contribution is 2.37. The predicted molar refractivity (Wildman–Crippen MR) is 78.1 cm³/mol. The molecule has 0 saturated carbocycles. The lowest BCUT2D eigenvalue weighted by Gasteiger charge is -2.48. The Hall–Kier alpha value is -1.42. The summed E-state index contributed by atoms with van der Waals surface area (Å²) in [5, 5.41) is 3.28. The molecule has 3 rings (SSSR count). The van der Waals surface area contributed by atoms with E-state index >= 15 is 0 Å². The van der Waals surface area contributed by atoms with E-state index in [9.17, 15) is 4.79 Å². The maximum absolute atomic E-state index is 11.7. The van der Waals surface area contributed by atoms with E-state index in [1.807, 2.05) is 18.3 Å². The van der Waals surface area contributed by atoms with Crippen molar-refractivity contribution >= 4 is 5.91 Å². The third-order valence-corrected chi connectivity index (χ3v) is 4.81. The van der Waals surface area contributed by atoms with Crippen LogP contribution < -0.4 is 5.32 Å². The highest BCUT2D eigenvalue weighted by atomic mass is 16.2. The Morgan fingerprint density at radius 1 is 1.45 bits per heavy atom. The molecule has 0 aliphatic carbocycles. The van der Waals surface area contributed by atoms with Crippen molar-refractivity contribution in [2.24, 2.45) is 0 Å². The van der Waals surface area contributed by atoms with Crippen molar-refractivity contribution in [1.82, 2.24) is 15.2 Å². The summed E-state index contributed by atoms with van der Waals surface area (Å²) in [5.41, 5.74) is 1.13. The van der Waals surface area contributed by atoms with Crippen LogP contribution in [0.15, 0.2) is 24.4 Å². The van der Waals surface area contributed by atoms with Gasteiger partial charge in [-0.25, -0.2) is 0 Å². The Balaban J connectivity index is 1.78. The van der Waals surface area contributed by atoms with Crippen LogP contribution in [0, 0.1) is 0 Å². The first-order valence-corrected chi connectivity index (χ1v) is 7.68. The Kier molecular flexibility index (Phi) is 3.74. The van der Waals surface area contributed by atoms with E-state index in [1.54, 1.807) is 0 Å². The van der Waals surface area contributed by atoms with E-state index in [1.165, 1.54) is 0 Å². The molecule has 0 aromatic carbocycles. The Morgan fingerprint density at radius 2 is 2.35 bits per heavy atom. The van der Waals surface area contributed by atoms with Gasteiger partial charge in [-0.3, -0.25) is 14.7 Å². The predicted octanol–water partition coefficient (Wildman–Crippen LogP) is 2.10. The molecule has 2 fully saturated rings. The normalized spacial score (nSPS) is 30.6. The van der Waals surface area contributed by atoms with Crippen molar-refractivity contribution in [2.75, 3.05) is 6.54 Å². The molecule has 2 aliphatic heterocycles. The zero-order valence-electron chi connectivity index (χ0n) is 12.1. The van der Waals surface area contributed by atoms with E-state index < -0.39 is 0 Å². The first kappa shape index (κ1) is 13.6. The summed E-state index contributed by atoms with van der Waals surface area (Å²) in [5.74, 6) is 0.225. The number of carbonyl (C=O) groups is 1. The van der Waals surface area contributed by atoms with Crippen molar-refractivity contribution in [1.29, 1.82) is 0 Å². The summed E-state index contributed by atoms with van der Waals surface area (Å²) in [6.07, 6.45) is 6.89. The average Bonchev–Trinajstić information content (AvgIpc) is 2.82. The number of likely N-dealkylation sites (tertiary alicyclic amines) is 1. The number of piperidine rings is 1. The van der Waals surface area contributed by atoms with Crippen LogP contribution in [0.2, 0.25) is 0 Å². The van der Waals surface area contributed by atoms with Gasteiger partial charge >= 0.3 is 0 Å². The largest absolute Gasteiger partial charge is 0.349 e. The molecule has 1 spiro atoms. The zero-order valence-corrected chi connectivity index (χ0v) is 12.1. The number of pyridine rings is 1. The van der Waals surface area contributed by atoms with Gasteiger partial charge in [0, 0.05) is 25.2 Å². The molecule has 108 valence electrons. The van der Waals surface area contributed by atoms with Crippen LogP contribution in [0.4, 0.5) is 0 Å². The van der Waals surface area contributed by atoms with Crippen LogP contribution >= 0.6 is 0 Å². The summed E-state index contributed by atoms with van der Waals surface area (Å²) in [7, 11) is 0. The summed E-state index contributed by atoms with van der Waals surface area (Å²) >= 11 is 0. The molecule has 3 heterocycles. The van der Waals surface area contributed by atoms with E-state index in [0.29, 0.717) is 12.5 Å². The molecule has 4 heteroatoms. The number of carbonyl (C=O) groups excluding carboxylic acids is 1. The first-order chi connectivity index (χ1) is 9.73. The van der Waals surface area contributed by atoms with Crippen molar-refractivity contribution in [3.05, 3.63) is 30.1 Å². The number of rotatable bonds is 3. The molecule has 1 aromatic heterocycles. The number of hydrogen-bond donors (Lipinski definition) is 1. The molecule has 1 N–H and O–H groups in total. The summed E-state index contributed by atoms with van der Waals surface area (Å²) < 4.78 is 0. The van der Waals surface area contributed by atoms with Crippen LogP contribution in [0.3, 0.4) is 0 Å². The first-order valence-electron chi connectivity index (χ1n) is 7.68. The monoisotopic (exact) mass is 273 g/mol. The second-order valence-corrected chi connectivity index (χ2v) is 6.02. The van der Waals surface area contributed by atoms with Crippen molar-refractivity contribution < 1.29 is 4.79 Å². The van der Waals surface area contributed by atoms with E-state index in [2.05, 4.69) is 28.2 Å². The molecule has 0 bridgehead atoms. The van der Waals surface area contributed by atoms with E-state index in [0.717, 1.165) is 44.5 Å². The fraction of sp³-hybridized carbons (Fsp3) is 0.625. The molecule has 20 heavy (non-hydrogen) atoms. The van der Waals surface area contributed by atoms with Crippen molar-refractivity contribution in [2.45, 2.75) is 57.2 Å². The Bertz CT molecular complexity index is 476. The molecule has 2 saturated heterocycles. The molecular formula is C16H23N3O. The van der Waals surface area contributed by atoms with Crippen LogP contribution in [-0.2, 0) is 11.3 Å². The lowest BCUT2D eigenvalue weighted by atomic mass is 9.78. The van der Waals surface area contributed by atoms with Gasteiger partial charge in [0.1, 0.15) is 0 Å². The average molecular weight is 273 g/mol. The summed E-state index contributed by atoms with van der Waals surface area (Å²) in [4.78, 5) is 18.7. The fourth-order valence-electron chi connectivity index (χ4n) is 3.98. The second-order valence-electron chi connectivity index (χ2n) is 6.02. The standard InChI is InChI=1S/C16H23N3O/c1-2-14-16(9-7-15(20)18-16)8-5-11-19(14)12-13-6-3-4-10-17-13/h3-4,6,10,14H,2,5,7-9,11-12H2,1H3,(H,18,20)/t14-,16-/m0/s1. The minimum absolute atomic E-state index is 0.0128. The highest BCUT2D eigenvalue weighted by Gasteiger charge is 2.47. The quantitative estimate of drug-likeness (QED) is 0.917. The molecule has 2 aliphatic rings. The van der Waals surface area contributed by atoms with E-state index in [-0.39, 0.29) is 11.4 Å². The van der Waals surface area contributed by atoms with Gasteiger partial charge in [0.25, 0.3) is 0 Å². The number of amides is 1. The molecule has 1 amide bonds. The van der Waals surface area contributed by atoms with Gasteiger partial charge in [-0.2, -0.15) is 0 Å². The van der Waals surface area contributed by atoms with Gasteiger partial charge < -0.3 is 5.32 Å². The van der Waals surface area contributed by atoms with Crippen molar-refractivity contribution in [3.8, 4) is 0 Å².